The first kappa shape index (κ1) is 27.6. The number of aromatic nitrogens is 1. The maximum Gasteiger partial charge on any atom is 0.407 e. The lowest BCUT2D eigenvalue weighted by molar-refractivity contribution is 0.148. The van der Waals surface area contributed by atoms with Crippen LogP contribution in [0.25, 0.3) is 11.1 Å². The molecule has 10 nitrogen and oxygen atoms in total. The van der Waals surface area contributed by atoms with Crippen molar-refractivity contribution in [2.45, 2.75) is 6.92 Å². The van der Waals surface area contributed by atoms with Crippen molar-refractivity contribution in [1.29, 1.82) is 5.26 Å². The van der Waals surface area contributed by atoms with E-state index < -0.39 is 29.4 Å². The second-order valence-corrected chi connectivity index (χ2v) is 8.94. The van der Waals surface area contributed by atoms with Crippen molar-refractivity contribution in [1.82, 2.24) is 9.88 Å². The van der Waals surface area contributed by atoms with Crippen molar-refractivity contribution in [3.05, 3.63) is 64.8 Å². The molecule has 2 heterocycles. The molecule has 0 fully saturated rings. The average molecular weight is 556 g/mol. The van der Waals surface area contributed by atoms with Gasteiger partial charge in [0.05, 0.1) is 22.3 Å². The van der Waals surface area contributed by atoms with Gasteiger partial charge in [-0.05, 0) is 37.3 Å². The summed E-state index contributed by atoms with van der Waals surface area (Å²) >= 11 is 6.20. The van der Waals surface area contributed by atoms with E-state index in [0.717, 1.165) is 21.9 Å². The molecule has 39 heavy (non-hydrogen) atoms. The molecule has 2 aromatic carbocycles. The first-order chi connectivity index (χ1) is 18.7. The van der Waals surface area contributed by atoms with Crippen molar-refractivity contribution in [3.63, 3.8) is 0 Å². The Bertz CT molecular complexity index is 1460. The number of nitriles is 1. The molecule has 0 atom stereocenters. The van der Waals surface area contributed by atoms with Crippen LogP contribution in [0.5, 0.6) is 0 Å². The monoisotopic (exact) mass is 555 g/mol. The summed E-state index contributed by atoms with van der Waals surface area (Å²) in [6.45, 7) is 2.15. The molecule has 0 aliphatic carbocycles. The molecule has 202 valence electrons. The van der Waals surface area contributed by atoms with Gasteiger partial charge in [0.1, 0.15) is 11.5 Å². The first-order valence-electron chi connectivity index (χ1n) is 11.9. The molecule has 13 heteroatoms. The molecular formula is C26H24ClF2N7O3. The molecule has 0 saturated heterocycles. The van der Waals surface area contributed by atoms with Crippen molar-refractivity contribution in [2.24, 2.45) is 5.73 Å². The first-order valence-corrected chi connectivity index (χ1v) is 12.3. The normalized spacial score (nSPS) is 12.4. The van der Waals surface area contributed by atoms with Gasteiger partial charge in [-0.15, -0.1) is 0 Å². The molecule has 4 rings (SSSR count). The van der Waals surface area contributed by atoms with Crippen LogP contribution in [0, 0.1) is 23.0 Å². The molecule has 0 bridgehead atoms. The van der Waals surface area contributed by atoms with Crippen LogP contribution in [0.15, 0.2) is 42.6 Å². The van der Waals surface area contributed by atoms with Crippen LogP contribution >= 0.6 is 11.6 Å². The van der Waals surface area contributed by atoms with E-state index in [9.17, 15) is 20.0 Å². The number of carbonyl (C=O) groups excluding carboxylic acids is 1. The minimum atomic E-state index is -1.16. The fourth-order valence-electron chi connectivity index (χ4n) is 4.35. The number of halogens is 3. The summed E-state index contributed by atoms with van der Waals surface area (Å²) in [5.41, 5.74) is 5.93. The summed E-state index contributed by atoms with van der Waals surface area (Å²) in [6, 6.07) is 9.30. The Kier molecular flexibility index (Phi) is 8.13. The number of rotatable bonds is 8. The van der Waals surface area contributed by atoms with Gasteiger partial charge in [0.2, 0.25) is 0 Å². The molecular weight excluding hydrogens is 532 g/mol. The van der Waals surface area contributed by atoms with Crippen LogP contribution < -0.4 is 20.9 Å². The number of nitrogens with zero attached hydrogens (tertiary/aromatic N) is 5. The molecule has 0 spiro atoms. The Morgan fingerprint density at radius 3 is 2.54 bits per heavy atom. The summed E-state index contributed by atoms with van der Waals surface area (Å²) in [6.07, 6.45) is 0.206. The van der Waals surface area contributed by atoms with Gasteiger partial charge in [0.25, 0.3) is 0 Å². The van der Waals surface area contributed by atoms with Crippen molar-refractivity contribution < 1.29 is 23.5 Å². The van der Waals surface area contributed by atoms with Gasteiger partial charge in [0, 0.05) is 55.7 Å². The zero-order valence-corrected chi connectivity index (χ0v) is 21.5. The predicted octanol–water partition coefficient (Wildman–Crippen LogP) is 5.00. The van der Waals surface area contributed by atoms with E-state index in [0.29, 0.717) is 16.1 Å². The Labute approximate surface area is 227 Å². The summed E-state index contributed by atoms with van der Waals surface area (Å²) < 4.78 is 31.2. The number of nitrogens with two attached hydrogens (primary N) is 1. The lowest BCUT2D eigenvalue weighted by atomic mass is 10.0. The molecule has 3 aromatic rings. The number of hydrogen-bond acceptors (Lipinski definition) is 6. The smallest absolute Gasteiger partial charge is 0.407 e. The minimum Gasteiger partial charge on any atom is -0.465 e. The molecule has 0 unspecified atom stereocenters. The van der Waals surface area contributed by atoms with Crippen LogP contribution in [0.4, 0.5) is 41.2 Å². The van der Waals surface area contributed by atoms with E-state index in [4.69, 9.17) is 17.3 Å². The highest BCUT2D eigenvalue weighted by Gasteiger charge is 2.36. The average Bonchev–Trinajstić information content (AvgIpc) is 2.99. The van der Waals surface area contributed by atoms with Gasteiger partial charge in [-0.1, -0.05) is 17.7 Å². The van der Waals surface area contributed by atoms with Crippen LogP contribution in [-0.2, 0) is 0 Å². The second-order valence-electron chi connectivity index (χ2n) is 8.50. The number of amides is 3. The van der Waals surface area contributed by atoms with Gasteiger partial charge in [-0.2, -0.15) is 5.26 Å². The lowest BCUT2D eigenvalue weighted by Crippen LogP contribution is -2.41. The molecule has 1 aliphatic heterocycles. The van der Waals surface area contributed by atoms with Gasteiger partial charge in [-0.25, -0.2) is 23.4 Å². The summed E-state index contributed by atoms with van der Waals surface area (Å²) in [5, 5.41) is 21.8. The van der Waals surface area contributed by atoms with Gasteiger partial charge in [0.15, 0.2) is 11.6 Å². The van der Waals surface area contributed by atoms with Crippen LogP contribution in [0.2, 0.25) is 5.02 Å². The van der Waals surface area contributed by atoms with E-state index >= 15 is 8.78 Å². The fraction of sp³-hybridized carbons (Fsp3) is 0.231. The van der Waals surface area contributed by atoms with Gasteiger partial charge in [-0.3, -0.25) is 9.80 Å². The SMILES string of the molecule is CCN1C(=O)N(c2c(F)cc(NCCN(CCN)C(=O)O)cc2F)c2cc(C#N)ccc2-c2cc(Cl)cnc21. The number of carbonyl (C=O) groups is 2. The molecule has 4 N–H and O–H groups in total. The molecule has 1 aromatic heterocycles. The van der Waals surface area contributed by atoms with E-state index in [1.807, 2.05) is 6.07 Å². The van der Waals surface area contributed by atoms with Crippen molar-refractivity contribution in [2.75, 3.05) is 47.8 Å². The van der Waals surface area contributed by atoms with Gasteiger partial charge >= 0.3 is 12.1 Å². The van der Waals surface area contributed by atoms with Crippen molar-refractivity contribution in [3.8, 4) is 17.2 Å². The predicted molar refractivity (Wildman–Crippen MR) is 143 cm³/mol. The highest BCUT2D eigenvalue weighted by Crippen LogP contribution is 2.45. The topological polar surface area (TPSA) is 139 Å². The third-order valence-corrected chi connectivity index (χ3v) is 6.31. The summed E-state index contributed by atoms with van der Waals surface area (Å²) in [4.78, 5) is 32.6. The van der Waals surface area contributed by atoms with Crippen LogP contribution in [0.1, 0.15) is 12.5 Å². The standard InChI is InChI=1S/C26H24ClF2N7O3/c1-2-35-24-19(10-16(27)14-33-24)18-4-3-15(13-31)9-22(18)36(25(35)37)23-20(28)11-17(12-21(23)29)32-6-8-34(7-5-30)26(38)39/h3-4,9-12,14,32H,2,5-8,30H2,1H3,(H,38,39). The van der Waals surface area contributed by atoms with E-state index in [1.165, 1.54) is 23.2 Å². The third-order valence-electron chi connectivity index (χ3n) is 6.11. The number of hydrogen-bond donors (Lipinski definition) is 3. The number of anilines is 4. The van der Waals surface area contributed by atoms with Crippen LogP contribution in [-0.4, -0.2) is 59.8 Å². The summed E-state index contributed by atoms with van der Waals surface area (Å²) in [5.74, 6) is -1.85. The second kappa shape index (κ2) is 11.5. The molecule has 3 amide bonds. The number of fused-ring (bicyclic) bond motifs is 3. The number of urea groups is 1. The lowest BCUT2D eigenvalue weighted by Gasteiger charge is -2.28. The Hall–Kier alpha value is -4.47. The Morgan fingerprint density at radius 1 is 1.21 bits per heavy atom. The van der Waals surface area contributed by atoms with Gasteiger partial charge < -0.3 is 21.1 Å². The molecule has 1 aliphatic rings. The number of benzene rings is 2. The van der Waals surface area contributed by atoms with E-state index in [1.54, 1.807) is 19.1 Å². The number of nitrogens with one attached hydrogen (secondary N) is 1. The quantitative estimate of drug-likeness (QED) is 0.355. The summed E-state index contributed by atoms with van der Waals surface area (Å²) in [7, 11) is 0. The molecule has 0 saturated carbocycles. The maximum atomic E-state index is 15.6. The number of carboxylic acid groups (broad SMARTS) is 1. The highest BCUT2D eigenvalue weighted by molar-refractivity contribution is 6.31. The Morgan fingerprint density at radius 2 is 1.92 bits per heavy atom. The largest absolute Gasteiger partial charge is 0.465 e. The van der Waals surface area contributed by atoms with Crippen LogP contribution in [0.3, 0.4) is 0 Å². The molecule has 0 radical (unpaired) electrons. The Balaban J connectivity index is 1.79. The fourth-order valence-corrected chi connectivity index (χ4v) is 4.51. The van der Waals surface area contributed by atoms with E-state index in [-0.39, 0.29) is 55.5 Å². The van der Waals surface area contributed by atoms with E-state index in [2.05, 4.69) is 10.3 Å². The zero-order chi connectivity index (χ0) is 28.3. The highest BCUT2D eigenvalue weighted by atomic mass is 35.5. The van der Waals surface area contributed by atoms with Crippen molar-refractivity contribution >= 4 is 46.6 Å². The number of pyridine rings is 1. The maximum absolute atomic E-state index is 15.6. The zero-order valence-electron chi connectivity index (χ0n) is 20.8. The third kappa shape index (κ3) is 5.41. The minimum absolute atomic E-state index is 0.0335.